The number of rotatable bonds is 4. The first-order chi connectivity index (χ1) is 13.6. The van der Waals surface area contributed by atoms with Gasteiger partial charge in [-0.1, -0.05) is 46.6 Å². The Morgan fingerprint density at radius 3 is 1.79 bits per heavy atom. The lowest BCUT2D eigenvalue weighted by Gasteiger charge is -2.26. The van der Waals surface area contributed by atoms with E-state index in [4.69, 9.17) is 11.1 Å². The number of hydrogen-bond donors (Lipinski definition) is 0. The van der Waals surface area contributed by atoms with Crippen molar-refractivity contribution in [3.63, 3.8) is 0 Å². The lowest BCUT2D eigenvalue weighted by Crippen LogP contribution is -2.34. The Morgan fingerprint density at radius 2 is 1.36 bits per heavy atom. The highest BCUT2D eigenvalue weighted by molar-refractivity contribution is 6.14. The Kier molecular flexibility index (Phi) is 5.89. The van der Waals surface area contributed by atoms with Gasteiger partial charge < -0.3 is 0 Å². The molecule has 0 spiro atoms. The van der Waals surface area contributed by atoms with Crippen LogP contribution in [-0.2, 0) is 4.79 Å². The molecular weight excluding hydrogens is 354 g/mol. The summed E-state index contributed by atoms with van der Waals surface area (Å²) in [7, 11) is 1.95. The van der Waals surface area contributed by atoms with Gasteiger partial charge in [-0.05, 0) is 53.5 Å². The molecule has 3 rings (SSSR count). The van der Waals surface area contributed by atoms with Crippen LogP contribution in [0.15, 0.2) is 69.9 Å². The third-order valence-corrected chi connectivity index (χ3v) is 4.21. The van der Waals surface area contributed by atoms with Gasteiger partial charge in [-0.3, -0.25) is 9.69 Å². The van der Waals surface area contributed by atoms with E-state index >= 15 is 0 Å². The number of hydrogen-bond acceptors (Lipinski definition) is 4. The van der Waals surface area contributed by atoms with Crippen LogP contribution in [0, 0.1) is 0 Å². The Morgan fingerprint density at radius 1 is 0.893 bits per heavy atom. The van der Waals surface area contributed by atoms with Crippen LogP contribution < -0.4 is 0 Å². The topological polar surface area (TPSA) is 118 Å². The molecule has 0 aromatic heterocycles. The van der Waals surface area contributed by atoms with Gasteiger partial charge in [-0.25, -0.2) is 0 Å². The number of likely N-dealkylation sites (tertiary alicyclic amines) is 1. The van der Waals surface area contributed by atoms with Gasteiger partial charge in [0.1, 0.15) is 0 Å². The number of carbonyl (C=O) groups excluding carboxylic acids is 1. The Bertz CT molecular complexity index is 990. The van der Waals surface area contributed by atoms with E-state index in [-0.39, 0.29) is 5.78 Å². The van der Waals surface area contributed by atoms with Crippen molar-refractivity contribution >= 4 is 29.3 Å². The first kappa shape index (κ1) is 18.9. The fourth-order valence-electron chi connectivity index (χ4n) is 3.07. The molecule has 1 aliphatic rings. The van der Waals surface area contributed by atoms with E-state index < -0.39 is 0 Å². The van der Waals surface area contributed by atoms with Crippen molar-refractivity contribution in [2.45, 2.75) is 0 Å². The molecule has 0 aliphatic carbocycles. The van der Waals surface area contributed by atoms with E-state index in [9.17, 15) is 4.79 Å². The van der Waals surface area contributed by atoms with Crippen molar-refractivity contribution < 1.29 is 4.79 Å². The molecule has 138 valence electrons. The van der Waals surface area contributed by atoms with Crippen molar-refractivity contribution in [3.05, 3.63) is 91.7 Å². The highest BCUT2D eigenvalue weighted by Crippen LogP contribution is 2.24. The number of azide groups is 2. The van der Waals surface area contributed by atoms with Crippen molar-refractivity contribution in [3.8, 4) is 0 Å². The standard InChI is InChI=1S/C20H17N7O/c1-27-12-16(8-14-4-2-6-18(10-14)23-25-21)20(28)17(13-27)9-15-5-3-7-19(11-15)24-26-22/h2-11H,12-13H2,1H3/b16-8-,17-9+. The number of Topliss-reactive ketones (excluding diaryl/α,β-unsaturated/α-hetero) is 1. The zero-order chi connectivity index (χ0) is 19.9. The third-order valence-electron chi connectivity index (χ3n) is 4.21. The van der Waals surface area contributed by atoms with Gasteiger partial charge in [0.05, 0.1) is 0 Å². The molecule has 28 heavy (non-hydrogen) atoms. The monoisotopic (exact) mass is 371 g/mol. The Balaban J connectivity index is 1.94. The van der Waals surface area contributed by atoms with E-state index in [1.165, 1.54) is 0 Å². The van der Waals surface area contributed by atoms with E-state index in [1.807, 2.05) is 36.2 Å². The normalized spacial score (nSPS) is 17.2. The molecule has 0 radical (unpaired) electrons. The summed E-state index contributed by atoms with van der Waals surface area (Å²) in [5, 5.41) is 7.20. The van der Waals surface area contributed by atoms with E-state index in [2.05, 4.69) is 20.1 Å². The van der Waals surface area contributed by atoms with E-state index in [0.29, 0.717) is 35.6 Å². The second-order valence-corrected chi connectivity index (χ2v) is 6.41. The number of piperidine rings is 1. The summed E-state index contributed by atoms with van der Waals surface area (Å²) in [6, 6.07) is 14.2. The van der Waals surface area contributed by atoms with Gasteiger partial charge in [0.25, 0.3) is 0 Å². The second kappa shape index (κ2) is 8.70. The molecule has 0 amide bonds. The van der Waals surface area contributed by atoms with Crippen molar-refractivity contribution in [1.82, 2.24) is 4.90 Å². The highest BCUT2D eigenvalue weighted by atomic mass is 16.1. The van der Waals surface area contributed by atoms with Gasteiger partial charge in [-0.15, -0.1) is 0 Å². The number of carbonyl (C=O) groups is 1. The third kappa shape index (κ3) is 4.66. The summed E-state index contributed by atoms with van der Waals surface area (Å²) >= 11 is 0. The lowest BCUT2D eigenvalue weighted by atomic mass is 9.94. The minimum absolute atomic E-state index is 0.0264. The average molecular weight is 371 g/mol. The predicted molar refractivity (Wildman–Crippen MR) is 109 cm³/mol. The molecule has 2 aromatic carbocycles. The molecule has 8 nitrogen and oxygen atoms in total. The predicted octanol–water partition coefficient (Wildman–Crippen LogP) is 5.55. The summed E-state index contributed by atoms with van der Waals surface area (Å²) in [4.78, 5) is 20.6. The Labute approximate surface area is 161 Å². The molecule has 1 saturated heterocycles. The van der Waals surface area contributed by atoms with E-state index in [1.54, 1.807) is 36.4 Å². The van der Waals surface area contributed by atoms with Crippen molar-refractivity contribution in [2.75, 3.05) is 20.1 Å². The van der Waals surface area contributed by atoms with Gasteiger partial charge in [0.2, 0.25) is 0 Å². The molecule has 1 aliphatic heterocycles. The maximum Gasteiger partial charge on any atom is 0.187 e. The lowest BCUT2D eigenvalue weighted by molar-refractivity contribution is -0.113. The summed E-state index contributed by atoms with van der Waals surface area (Å²) in [6.45, 7) is 1.06. The summed E-state index contributed by atoms with van der Waals surface area (Å²) < 4.78 is 0. The zero-order valence-corrected chi connectivity index (χ0v) is 15.2. The Hall–Kier alpha value is -3.83. The minimum atomic E-state index is -0.0264. The first-order valence-electron chi connectivity index (χ1n) is 8.54. The summed E-state index contributed by atoms with van der Waals surface area (Å²) in [5.41, 5.74) is 21.1. The van der Waals surface area contributed by atoms with Gasteiger partial charge >= 0.3 is 0 Å². The number of benzene rings is 2. The minimum Gasteiger partial charge on any atom is -0.298 e. The number of likely N-dealkylation sites (N-methyl/N-ethyl adjacent to an activating group) is 1. The second-order valence-electron chi connectivity index (χ2n) is 6.41. The fraction of sp³-hybridized carbons (Fsp3) is 0.150. The molecule has 0 N–H and O–H groups in total. The molecule has 0 saturated carbocycles. The summed E-state index contributed by atoms with van der Waals surface area (Å²) in [5.74, 6) is -0.0264. The maximum atomic E-state index is 13.0. The molecule has 1 heterocycles. The molecule has 1 fully saturated rings. The van der Waals surface area contributed by atoms with Crippen LogP contribution in [0.3, 0.4) is 0 Å². The van der Waals surface area contributed by atoms with Crippen LogP contribution in [0.4, 0.5) is 11.4 Å². The fourth-order valence-corrected chi connectivity index (χ4v) is 3.07. The van der Waals surface area contributed by atoms with Crippen LogP contribution in [-0.4, -0.2) is 30.8 Å². The largest absolute Gasteiger partial charge is 0.298 e. The smallest absolute Gasteiger partial charge is 0.187 e. The molecular formula is C20H17N7O. The van der Waals surface area contributed by atoms with Crippen LogP contribution in [0.25, 0.3) is 33.0 Å². The molecule has 0 atom stereocenters. The SMILES string of the molecule is CN1C/C(=C/c2cccc(N=[N+]=[N-])c2)C(=O)/C(=C/c2cccc(N=[N+]=[N-])c2)C1. The van der Waals surface area contributed by atoms with Crippen molar-refractivity contribution in [2.24, 2.45) is 10.2 Å². The van der Waals surface area contributed by atoms with Gasteiger partial charge in [0.15, 0.2) is 5.78 Å². The van der Waals surface area contributed by atoms with Crippen LogP contribution in [0.2, 0.25) is 0 Å². The zero-order valence-electron chi connectivity index (χ0n) is 15.2. The van der Waals surface area contributed by atoms with Crippen molar-refractivity contribution in [1.29, 1.82) is 0 Å². The van der Waals surface area contributed by atoms with Gasteiger partial charge in [-0.2, -0.15) is 0 Å². The summed E-state index contributed by atoms with van der Waals surface area (Å²) in [6.07, 6.45) is 3.64. The molecule has 0 unspecified atom stereocenters. The van der Waals surface area contributed by atoms with Crippen LogP contribution in [0.5, 0.6) is 0 Å². The maximum absolute atomic E-state index is 13.0. The average Bonchev–Trinajstić information content (AvgIpc) is 2.67. The van der Waals surface area contributed by atoms with Gasteiger partial charge in [0, 0.05) is 45.4 Å². The molecule has 0 bridgehead atoms. The number of ketones is 1. The number of nitrogens with zero attached hydrogens (tertiary/aromatic N) is 7. The van der Waals surface area contributed by atoms with Crippen LogP contribution >= 0.6 is 0 Å². The molecule has 8 heteroatoms. The van der Waals surface area contributed by atoms with E-state index in [0.717, 1.165) is 11.1 Å². The quantitative estimate of drug-likeness (QED) is 0.303. The highest BCUT2D eigenvalue weighted by Gasteiger charge is 2.23. The molecule has 2 aromatic rings. The first-order valence-corrected chi connectivity index (χ1v) is 8.54. The van der Waals surface area contributed by atoms with Crippen LogP contribution in [0.1, 0.15) is 11.1 Å².